The summed E-state index contributed by atoms with van der Waals surface area (Å²) >= 11 is 6.35. The fraction of sp³-hybridized carbons (Fsp3) is 0.513. The minimum absolute atomic E-state index is 0.0138. The van der Waals surface area contributed by atoms with Crippen LogP contribution in [0.4, 0.5) is 25.5 Å². The van der Waals surface area contributed by atoms with Crippen molar-refractivity contribution in [2.75, 3.05) is 18.4 Å². The molecule has 7 N–H and O–H groups in total. The molecule has 10 atom stereocenters. The van der Waals surface area contributed by atoms with Crippen molar-refractivity contribution in [1.29, 1.82) is 0 Å². The van der Waals surface area contributed by atoms with Crippen LogP contribution in [-0.2, 0) is 58.3 Å². The maximum Gasteiger partial charge on any atom is 0.408 e. The first kappa shape index (κ1) is 80.7. The summed E-state index contributed by atoms with van der Waals surface area (Å²) in [5, 5.41) is 13.0. The Kier molecular flexibility index (Phi) is 23.9. The molecule has 0 unspecified atom stereocenters. The maximum absolute atomic E-state index is 14.7. The van der Waals surface area contributed by atoms with Crippen molar-refractivity contribution >= 4 is 90.8 Å². The van der Waals surface area contributed by atoms with Crippen LogP contribution in [0.3, 0.4) is 0 Å². The number of anilines is 2. The molecular formula is C78H95ClFN13O16S2. The molecule has 8 fully saturated rings. The molecule has 8 amide bonds. The van der Waals surface area contributed by atoms with Crippen molar-refractivity contribution in [2.45, 2.75) is 214 Å². The Morgan fingerprint density at radius 3 is 1.32 bits per heavy atom. The number of ether oxygens (including phenoxy) is 4. The largest absolute Gasteiger partial charge is 0.472 e. The number of hydrogen-bond donors (Lipinski definition) is 7. The van der Waals surface area contributed by atoms with Crippen LogP contribution in [0.15, 0.2) is 122 Å². The quantitative estimate of drug-likeness (QED) is 0.0200. The van der Waals surface area contributed by atoms with Crippen LogP contribution in [0, 0.1) is 28.5 Å². The smallest absolute Gasteiger partial charge is 0.408 e. The van der Waals surface area contributed by atoms with E-state index in [1.54, 1.807) is 59.7 Å². The van der Waals surface area contributed by atoms with E-state index in [0.717, 1.165) is 51.4 Å². The number of halogens is 2. The van der Waals surface area contributed by atoms with Crippen molar-refractivity contribution in [3.05, 3.63) is 133 Å². The molecular weight excluding hydrogens is 1490 g/mol. The molecule has 29 nitrogen and oxygen atoms in total. The molecule has 6 saturated carbocycles. The zero-order valence-corrected chi connectivity index (χ0v) is 65.1. The lowest BCUT2D eigenvalue weighted by molar-refractivity contribution is -0.143. The first-order chi connectivity index (χ1) is 52.6. The third-order valence-corrected chi connectivity index (χ3v) is 25.1. The number of nitrogens with one attached hydrogen (secondary N) is 7. The van der Waals surface area contributed by atoms with Gasteiger partial charge in [0.1, 0.15) is 76.4 Å². The second kappa shape index (κ2) is 32.9. The van der Waals surface area contributed by atoms with Crippen molar-refractivity contribution in [3.8, 4) is 34.5 Å². The van der Waals surface area contributed by atoms with E-state index < -0.39 is 154 Å². The number of sulfonamides is 2. The number of nitrogens with zero attached hydrogens (tertiary/aromatic N) is 6. The third kappa shape index (κ3) is 19.6. The van der Waals surface area contributed by atoms with Gasteiger partial charge in [0.2, 0.25) is 55.4 Å². The minimum atomic E-state index is -3.94. The Labute approximate surface area is 649 Å². The van der Waals surface area contributed by atoms with E-state index in [1.165, 1.54) is 40.2 Å². The Balaban J connectivity index is 0.000000208. The third-order valence-electron chi connectivity index (χ3n) is 21.2. The number of carbonyl (C=O) groups excluding carboxylic acids is 8. The predicted octanol–water partition coefficient (Wildman–Crippen LogP) is 9.03. The maximum atomic E-state index is 14.7. The average Bonchev–Trinajstić information content (AvgIpc) is 1.58. The van der Waals surface area contributed by atoms with Gasteiger partial charge in [0.25, 0.3) is 11.8 Å². The molecule has 33 heteroatoms. The number of rotatable bonds is 26. The Morgan fingerprint density at radius 1 is 0.550 bits per heavy atom. The van der Waals surface area contributed by atoms with Gasteiger partial charge in [-0.05, 0) is 125 Å². The van der Waals surface area contributed by atoms with Crippen molar-refractivity contribution in [1.82, 2.24) is 60.4 Å². The minimum Gasteiger partial charge on any atom is -0.472 e. The van der Waals surface area contributed by atoms with Crippen molar-refractivity contribution in [3.63, 3.8) is 0 Å². The summed E-state index contributed by atoms with van der Waals surface area (Å²) in [6, 6.07) is 22.4. The molecule has 5 aromatic rings. The van der Waals surface area contributed by atoms with Gasteiger partial charge in [-0.25, -0.2) is 40.8 Å². The molecule has 4 heterocycles. The monoisotopic (exact) mass is 1590 g/mol. The van der Waals surface area contributed by atoms with Gasteiger partial charge in [-0.2, -0.15) is 9.97 Å². The Bertz CT molecular complexity index is 4600. The standard InChI is InChI=1S/C42H50FN7O8S.C36H45ClN6O8S/c1-5-26-23-42(26,39(53)49-59(55,56)31-19-20-31)48-37(51)32-21-30(24-50(32)38(52)35(41(2,3)4)47-40(54)58-29-13-9-10-14-29)57-34-22-33(44-28-17-15-27(43)16-18-28)45-36(46-34)25-11-7-6-8-12-25;1-5-22-19-36(22,33(46)42-52(48,49)25-15-16-25)41-31(44)26-17-24(50-28-18-27(37)38-30(39-28)21-11-7-6-8-12-21)20-43(26)32(45)29(35(2,3)4)40-34(47)51-23-13-9-10-14-23/h5-8,11-12,15-18,22,26,29-32,35H,1,9-10,13-14,19-21,23-24H2,2-4H3,(H,47,54)(H,48,51)(H,49,53)(H,44,45,46);5-8,11-12,18,22-26,29H,1,9-10,13-17,19-20H2,2-4H3,(H,40,47)(H,41,44)(H,42,46)/t26-,30-,32+,35-,42-;22-,24-,26+,29-,36-/m11/s1. The lowest BCUT2D eigenvalue weighted by atomic mass is 9.85. The number of hydrogen-bond acceptors (Lipinski definition) is 21. The lowest BCUT2D eigenvalue weighted by Gasteiger charge is -2.35. The van der Waals surface area contributed by atoms with Gasteiger partial charge in [-0.15, -0.1) is 13.2 Å². The number of amides is 8. The van der Waals surface area contributed by atoms with Crippen molar-refractivity contribution < 1.29 is 78.5 Å². The summed E-state index contributed by atoms with van der Waals surface area (Å²) in [4.78, 5) is 132. The van der Waals surface area contributed by atoms with E-state index in [-0.39, 0.29) is 67.9 Å². The van der Waals surface area contributed by atoms with Gasteiger partial charge in [-0.3, -0.25) is 38.2 Å². The van der Waals surface area contributed by atoms with E-state index in [9.17, 15) is 59.6 Å². The van der Waals surface area contributed by atoms with Crippen LogP contribution in [0.1, 0.15) is 144 Å². The van der Waals surface area contributed by atoms with Gasteiger partial charge in [0, 0.05) is 53.6 Å². The van der Waals surface area contributed by atoms with Crippen LogP contribution in [0.25, 0.3) is 22.8 Å². The summed E-state index contributed by atoms with van der Waals surface area (Å²) in [6.07, 6.45) is 8.12. The van der Waals surface area contributed by atoms with Crippen LogP contribution in [-0.4, -0.2) is 177 Å². The molecule has 3 aromatic carbocycles. The SMILES string of the molecule is C=C[C@@H]1C[C@]1(NC(=O)[C@@H]1C[C@@H](Oc2cc(Cl)nc(-c3ccccc3)n2)CN1C(=O)[C@@H](NC(=O)OC1CCCC1)C(C)(C)C)C(=O)NS(=O)(=O)C1CC1.C=C[C@@H]1C[C@]1(NC(=O)[C@@H]1C[C@@H](Oc2cc(Nc3ccc(F)cc3)nc(-c3ccccc3)n2)CN1C(=O)[C@@H](NC(=O)OC1CCCC1)C(C)(C)C)C(=O)NS(=O)(=O)C1CC1. The molecule has 8 aliphatic rings. The number of carbonyl (C=O) groups is 8. The summed E-state index contributed by atoms with van der Waals surface area (Å²) in [6.45, 7) is 18.1. The molecule has 2 saturated heterocycles. The number of alkyl carbamates (subject to hydrolysis) is 2. The molecule has 2 aromatic heterocycles. The second-order valence-corrected chi connectivity index (χ2v) is 36.3. The van der Waals surface area contributed by atoms with Crippen molar-refractivity contribution in [2.24, 2.45) is 22.7 Å². The first-order valence-electron chi connectivity index (χ1n) is 37.6. The molecule has 13 rings (SSSR count). The van der Waals surface area contributed by atoms with Crippen LogP contribution in [0.2, 0.25) is 5.15 Å². The molecule has 0 radical (unpaired) electrons. The normalized spacial score (nSPS) is 24.3. The fourth-order valence-corrected chi connectivity index (χ4v) is 17.4. The predicted molar refractivity (Wildman–Crippen MR) is 407 cm³/mol. The first-order valence-corrected chi connectivity index (χ1v) is 41.1. The molecule has 0 bridgehead atoms. The Hall–Kier alpha value is -9.82. The van der Waals surface area contributed by atoms with Gasteiger partial charge < -0.3 is 55.3 Å². The molecule has 2 aliphatic heterocycles. The number of aromatic nitrogens is 4. The summed E-state index contributed by atoms with van der Waals surface area (Å²) in [5.41, 5.74) is -2.88. The van der Waals surface area contributed by atoms with E-state index in [0.29, 0.717) is 60.0 Å². The van der Waals surface area contributed by atoms with Crippen LogP contribution in [0.5, 0.6) is 11.8 Å². The summed E-state index contributed by atoms with van der Waals surface area (Å²) in [7, 11) is -7.84. The van der Waals surface area contributed by atoms with E-state index >= 15 is 0 Å². The van der Waals surface area contributed by atoms with E-state index in [2.05, 4.69) is 69.1 Å². The highest BCUT2D eigenvalue weighted by molar-refractivity contribution is 7.91. The molecule has 594 valence electrons. The fourth-order valence-electron chi connectivity index (χ4n) is 14.5. The highest BCUT2D eigenvalue weighted by atomic mass is 35.5. The number of benzene rings is 3. The molecule has 0 spiro atoms. The van der Waals surface area contributed by atoms with Crippen LogP contribution >= 0.6 is 11.6 Å². The summed E-state index contributed by atoms with van der Waals surface area (Å²) < 4.78 is 92.9. The average molecular weight is 1590 g/mol. The highest BCUT2D eigenvalue weighted by Crippen LogP contribution is 2.47. The van der Waals surface area contributed by atoms with Gasteiger partial charge in [0.05, 0.1) is 23.6 Å². The lowest BCUT2D eigenvalue weighted by Crippen LogP contribution is -2.60. The summed E-state index contributed by atoms with van der Waals surface area (Å²) in [5.74, 6) is -4.55. The highest BCUT2D eigenvalue weighted by Gasteiger charge is 2.64. The zero-order valence-electron chi connectivity index (χ0n) is 62.8. The van der Waals surface area contributed by atoms with Gasteiger partial charge in [-0.1, -0.05) is 126 Å². The van der Waals surface area contributed by atoms with Crippen LogP contribution < -0.4 is 45.5 Å². The van der Waals surface area contributed by atoms with Gasteiger partial charge in [0.15, 0.2) is 11.6 Å². The van der Waals surface area contributed by atoms with Gasteiger partial charge >= 0.3 is 12.2 Å². The second-order valence-electron chi connectivity index (χ2n) is 32.0. The zero-order chi connectivity index (χ0) is 79.5. The topological polar surface area (TPSA) is 384 Å². The Morgan fingerprint density at radius 2 is 0.946 bits per heavy atom. The molecule has 6 aliphatic carbocycles. The number of likely N-dealkylation sites (tertiary alicyclic amines) is 2. The van der Waals surface area contributed by atoms with E-state index in [1.807, 2.05) is 60.7 Å². The molecule has 111 heavy (non-hydrogen) atoms. The van der Waals surface area contributed by atoms with E-state index in [4.69, 9.17) is 30.5 Å².